The number of rotatable bonds is 0. The molecule has 0 N–H and O–H groups in total. The molecule has 0 radical (unpaired) electrons. The number of fused-ring (bicyclic) bond motifs is 1. The first kappa shape index (κ1) is 13.1. The van der Waals surface area contributed by atoms with Crippen molar-refractivity contribution in [2.75, 3.05) is 0 Å². The highest BCUT2D eigenvalue weighted by Crippen LogP contribution is 2.68. The highest BCUT2D eigenvalue weighted by Gasteiger charge is 2.64. The Hall–Kier alpha value is -1.35. The number of allylic oxidation sites excluding steroid dienone is 4. The van der Waals surface area contributed by atoms with Gasteiger partial charge in [0.05, 0.1) is 5.41 Å². The van der Waals surface area contributed by atoms with Crippen molar-refractivity contribution in [1.29, 1.82) is 0 Å². The molecule has 4 atom stereocenters. The van der Waals surface area contributed by atoms with E-state index in [1.54, 1.807) is 5.57 Å². The molecule has 22 heavy (non-hydrogen) atoms. The van der Waals surface area contributed by atoms with Gasteiger partial charge in [-0.25, -0.2) is 0 Å². The number of halogens is 1. The molecule has 1 saturated carbocycles. The van der Waals surface area contributed by atoms with Crippen LogP contribution in [0.2, 0.25) is 0 Å². The maximum Gasteiger partial charge on any atom is 0.133 e. The van der Waals surface area contributed by atoms with Crippen LogP contribution >= 0.6 is 12.4 Å². The standard InChI is InChI=1S/C18H18N2O.ClH/c1-2-10-9-13-12-8-11-4-6-20-16(11)17-18(12,5-7-19-13)15(10)14(3-1)21-17;/h4,6-7,10,14-15H,1-3,5,8-9H2;1H. The predicted octanol–water partition coefficient (Wildman–Crippen LogP) is 3.97. The fourth-order valence-electron chi connectivity index (χ4n) is 5.91. The Morgan fingerprint density at radius 1 is 1.23 bits per heavy atom. The molecular formula is C18H19ClN2O. The summed E-state index contributed by atoms with van der Waals surface area (Å²) in [6.07, 6.45) is 13.8. The van der Waals surface area contributed by atoms with Gasteiger partial charge in [-0.2, -0.15) is 0 Å². The van der Waals surface area contributed by atoms with Crippen LogP contribution in [-0.4, -0.2) is 18.5 Å². The molecule has 2 fully saturated rings. The third kappa shape index (κ3) is 1.27. The average molecular weight is 315 g/mol. The summed E-state index contributed by atoms with van der Waals surface area (Å²) in [5.41, 5.74) is 5.58. The molecule has 1 spiro atoms. The summed E-state index contributed by atoms with van der Waals surface area (Å²) in [6.45, 7) is 0. The van der Waals surface area contributed by atoms with E-state index >= 15 is 0 Å². The van der Waals surface area contributed by atoms with Gasteiger partial charge in [0, 0.05) is 24.0 Å². The maximum atomic E-state index is 6.57. The van der Waals surface area contributed by atoms with Gasteiger partial charge in [0.15, 0.2) is 0 Å². The molecule has 3 nitrogen and oxygen atoms in total. The molecule has 4 unspecified atom stereocenters. The van der Waals surface area contributed by atoms with Crippen LogP contribution in [0.25, 0.3) is 0 Å². The van der Waals surface area contributed by atoms with Crippen LogP contribution in [0.3, 0.4) is 0 Å². The molecule has 2 bridgehead atoms. The molecule has 0 aromatic rings. The Bertz CT molecular complexity index is 729. The molecule has 3 aliphatic carbocycles. The zero-order valence-electron chi connectivity index (χ0n) is 12.4. The molecule has 6 aliphatic rings. The molecule has 4 heteroatoms. The molecule has 114 valence electrons. The van der Waals surface area contributed by atoms with Crippen LogP contribution in [-0.2, 0) is 4.74 Å². The quantitative estimate of drug-likeness (QED) is 0.666. The van der Waals surface area contributed by atoms with Crippen LogP contribution in [0.15, 0.2) is 44.4 Å². The van der Waals surface area contributed by atoms with Crippen LogP contribution in [0.5, 0.6) is 0 Å². The lowest BCUT2D eigenvalue weighted by atomic mass is 9.52. The molecule has 1 saturated heterocycles. The lowest BCUT2D eigenvalue weighted by Gasteiger charge is -2.50. The molecule has 6 rings (SSSR count). The fourth-order valence-corrected chi connectivity index (χ4v) is 5.91. The van der Waals surface area contributed by atoms with Gasteiger partial charge in [-0.05, 0) is 61.7 Å². The third-order valence-electron chi connectivity index (χ3n) is 6.58. The van der Waals surface area contributed by atoms with Crippen molar-refractivity contribution in [2.45, 2.75) is 44.6 Å². The summed E-state index contributed by atoms with van der Waals surface area (Å²) in [4.78, 5) is 9.45. The third-order valence-corrected chi connectivity index (χ3v) is 6.58. The van der Waals surface area contributed by atoms with Gasteiger partial charge >= 0.3 is 0 Å². The second-order valence-corrected chi connectivity index (χ2v) is 7.31. The number of ether oxygens (including phenoxy) is 1. The first-order valence-corrected chi connectivity index (χ1v) is 8.28. The number of hydrogen-bond donors (Lipinski definition) is 0. The van der Waals surface area contributed by atoms with E-state index in [9.17, 15) is 0 Å². The van der Waals surface area contributed by atoms with E-state index in [2.05, 4.69) is 17.3 Å². The van der Waals surface area contributed by atoms with Gasteiger partial charge < -0.3 is 4.74 Å². The summed E-state index contributed by atoms with van der Waals surface area (Å²) in [5, 5.41) is 0. The Balaban J connectivity index is 0.00000113. The molecule has 3 heterocycles. The van der Waals surface area contributed by atoms with E-state index in [0.29, 0.717) is 12.0 Å². The van der Waals surface area contributed by atoms with Gasteiger partial charge in [-0.15, -0.1) is 12.4 Å². The highest BCUT2D eigenvalue weighted by molar-refractivity contribution is 5.85. The van der Waals surface area contributed by atoms with Crippen LogP contribution in [0.4, 0.5) is 0 Å². The van der Waals surface area contributed by atoms with Gasteiger partial charge in [0.25, 0.3) is 0 Å². The maximum absolute atomic E-state index is 6.57. The summed E-state index contributed by atoms with van der Waals surface area (Å²) < 4.78 is 6.57. The Kier molecular flexibility index (Phi) is 2.47. The van der Waals surface area contributed by atoms with E-state index in [1.807, 2.05) is 6.21 Å². The fraction of sp³-hybridized carbons (Fsp3) is 0.556. The van der Waals surface area contributed by atoms with Crippen LogP contribution in [0.1, 0.15) is 38.5 Å². The zero-order chi connectivity index (χ0) is 13.6. The van der Waals surface area contributed by atoms with Gasteiger partial charge in [0.2, 0.25) is 0 Å². The lowest BCUT2D eigenvalue weighted by Crippen LogP contribution is -2.46. The second-order valence-electron chi connectivity index (χ2n) is 7.31. The first-order chi connectivity index (χ1) is 10.4. The van der Waals surface area contributed by atoms with Crippen molar-refractivity contribution in [3.63, 3.8) is 0 Å². The number of aliphatic imine (C=N–C) groups is 2. The van der Waals surface area contributed by atoms with Gasteiger partial charge in [0.1, 0.15) is 17.6 Å². The smallest absolute Gasteiger partial charge is 0.133 e. The lowest BCUT2D eigenvalue weighted by molar-refractivity contribution is 0.0483. The van der Waals surface area contributed by atoms with Gasteiger partial charge in [-0.3, -0.25) is 9.98 Å². The summed E-state index contributed by atoms with van der Waals surface area (Å²) in [7, 11) is 0. The summed E-state index contributed by atoms with van der Waals surface area (Å²) in [5.74, 6) is 2.65. The van der Waals surface area contributed by atoms with E-state index in [-0.39, 0.29) is 17.8 Å². The van der Waals surface area contributed by atoms with Crippen molar-refractivity contribution in [2.24, 2.45) is 27.2 Å². The molecule has 0 amide bonds. The van der Waals surface area contributed by atoms with E-state index in [4.69, 9.17) is 9.73 Å². The molecule has 0 aromatic carbocycles. The van der Waals surface area contributed by atoms with Crippen LogP contribution < -0.4 is 0 Å². The average Bonchev–Trinajstić information content (AvgIpc) is 3.06. The van der Waals surface area contributed by atoms with Crippen molar-refractivity contribution < 1.29 is 4.74 Å². The van der Waals surface area contributed by atoms with E-state index in [1.165, 1.54) is 42.7 Å². The SMILES string of the molecule is C1=NC2=C3CC4=CC=NC4=C4OC5CCCC(C2)C5C34C1.Cl. The number of nitrogens with zero attached hydrogens (tertiary/aromatic N) is 2. The molecule has 3 aliphatic heterocycles. The topological polar surface area (TPSA) is 34.0 Å². The Morgan fingerprint density at radius 3 is 3.14 bits per heavy atom. The zero-order valence-corrected chi connectivity index (χ0v) is 13.2. The first-order valence-electron chi connectivity index (χ1n) is 8.28. The Morgan fingerprint density at radius 2 is 2.18 bits per heavy atom. The summed E-state index contributed by atoms with van der Waals surface area (Å²) >= 11 is 0. The predicted molar refractivity (Wildman–Crippen MR) is 88.4 cm³/mol. The van der Waals surface area contributed by atoms with Crippen molar-refractivity contribution in [3.8, 4) is 0 Å². The van der Waals surface area contributed by atoms with Gasteiger partial charge in [-0.1, -0.05) is 0 Å². The minimum absolute atomic E-state index is 0. The number of hydrogen-bond acceptors (Lipinski definition) is 3. The minimum atomic E-state index is 0. The molecular weight excluding hydrogens is 296 g/mol. The largest absolute Gasteiger partial charge is 0.491 e. The molecule has 0 aromatic heterocycles. The Labute approximate surface area is 136 Å². The second kappa shape index (κ2) is 4.14. The van der Waals surface area contributed by atoms with Crippen molar-refractivity contribution >= 4 is 24.8 Å². The normalized spacial score (nSPS) is 42.5. The van der Waals surface area contributed by atoms with Crippen molar-refractivity contribution in [1.82, 2.24) is 0 Å². The summed E-state index contributed by atoms with van der Waals surface area (Å²) in [6, 6.07) is 0. The monoisotopic (exact) mass is 314 g/mol. The van der Waals surface area contributed by atoms with E-state index < -0.39 is 0 Å². The van der Waals surface area contributed by atoms with Crippen molar-refractivity contribution in [3.05, 3.63) is 34.4 Å². The van der Waals surface area contributed by atoms with E-state index in [0.717, 1.165) is 24.5 Å². The highest BCUT2D eigenvalue weighted by atomic mass is 35.5. The van der Waals surface area contributed by atoms with Crippen LogP contribution in [0, 0.1) is 17.3 Å². The minimum Gasteiger partial charge on any atom is -0.491 e.